The van der Waals surface area contributed by atoms with Gasteiger partial charge in [-0.2, -0.15) is 0 Å². The van der Waals surface area contributed by atoms with Crippen LogP contribution in [0.4, 0.5) is 0 Å². The summed E-state index contributed by atoms with van der Waals surface area (Å²) in [6.07, 6.45) is -16.3. The Morgan fingerprint density at radius 1 is 0.855 bits per heavy atom. The molecule has 19 nitrogen and oxygen atoms in total. The number of hydrogen-bond acceptors (Lipinski definition) is 19. The predicted molar refractivity (Wildman–Crippen MR) is 184 cm³/mol. The van der Waals surface area contributed by atoms with Gasteiger partial charge in [-0.3, -0.25) is 0 Å². The van der Waals surface area contributed by atoms with Gasteiger partial charge in [-0.25, -0.2) is 4.79 Å². The van der Waals surface area contributed by atoms with Gasteiger partial charge in [0, 0.05) is 6.08 Å². The third-order valence-corrected chi connectivity index (χ3v) is 9.50. The lowest BCUT2D eigenvalue weighted by molar-refractivity contribution is -0.360. The zero-order chi connectivity index (χ0) is 40.0. The van der Waals surface area contributed by atoms with Crippen molar-refractivity contribution in [2.24, 2.45) is 0 Å². The molecule has 0 saturated carbocycles. The van der Waals surface area contributed by atoms with Gasteiger partial charge in [0.05, 0.1) is 46.8 Å². The van der Waals surface area contributed by atoms with Gasteiger partial charge in [0.1, 0.15) is 48.3 Å². The number of phenols is 2. The molecular formula is C36H48O19. The average molecular weight is 785 g/mol. The van der Waals surface area contributed by atoms with Crippen LogP contribution in [-0.4, -0.2) is 172 Å². The Morgan fingerprint density at radius 2 is 1.55 bits per heavy atom. The summed E-state index contributed by atoms with van der Waals surface area (Å²) in [5.74, 6) is -0.847. The molecular weight excluding hydrogens is 736 g/mol. The Morgan fingerprint density at radius 3 is 2.22 bits per heavy atom. The number of ether oxygens (including phenoxy) is 9. The van der Waals surface area contributed by atoms with Crippen LogP contribution >= 0.6 is 0 Å². The molecule has 3 aliphatic heterocycles. The fraction of sp³-hybridized carbons (Fsp3) is 0.583. The Bertz CT molecular complexity index is 1610. The summed E-state index contributed by atoms with van der Waals surface area (Å²) in [4.78, 5) is 13.4. The van der Waals surface area contributed by atoms with E-state index in [1.807, 2.05) is 0 Å². The molecule has 5 rings (SSSR count). The lowest BCUT2D eigenvalue weighted by Gasteiger charge is -2.46. The van der Waals surface area contributed by atoms with Crippen molar-refractivity contribution in [2.45, 2.75) is 92.8 Å². The van der Waals surface area contributed by atoms with Crippen LogP contribution in [0.5, 0.6) is 23.0 Å². The van der Waals surface area contributed by atoms with Crippen LogP contribution < -0.4 is 9.47 Å². The van der Waals surface area contributed by atoms with E-state index in [-0.39, 0.29) is 36.0 Å². The van der Waals surface area contributed by atoms with Crippen LogP contribution in [0.3, 0.4) is 0 Å². The van der Waals surface area contributed by atoms with E-state index in [2.05, 4.69) is 0 Å². The normalized spacial score (nSPS) is 35.2. The molecule has 55 heavy (non-hydrogen) atoms. The van der Waals surface area contributed by atoms with Crippen molar-refractivity contribution in [3.05, 3.63) is 53.6 Å². The van der Waals surface area contributed by atoms with E-state index >= 15 is 0 Å². The fourth-order valence-corrected chi connectivity index (χ4v) is 6.17. The quantitative estimate of drug-likeness (QED) is 0.0701. The molecule has 3 heterocycles. The molecule has 3 saturated heterocycles. The van der Waals surface area contributed by atoms with Crippen LogP contribution in [0.25, 0.3) is 6.08 Å². The molecule has 0 amide bonds. The van der Waals surface area contributed by atoms with Crippen molar-refractivity contribution in [2.75, 3.05) is 40.6 Å². The molecule has 3 fully saturated rings. The molecule has 19 heteroatoms. The first-order chi connectivity index (χ1) is 26.2. The number of esters is 1. The number of methoxy groups -OCH3 is 2. The molecule has 9 N–H and O–H groups in total. The number of carbonyl (C=O) groups is 1. The predicted octanol–water partition coefficient (Wildman–Crippen LogP) is -1.94. The maximum Gasteiger partial charge on any atom is 0.331 e. The van der Waals surface area contributed by atoms with Gasteiger partial charge < -0.3 is 88.6 Å². The highest BCUT2D eigenvalue weighted by atomic mass is 16.8. The summed E-state index contributed by atoms with van der Waals surface area (Å²) in [6, 6.07) is 8.94. The minimum Gasteiger partial charge on any atom is -0.504 e. The summed E-state index contributed by atoms with van der Waals surface area (Å²) < 4.78 is 50.8. The maximum atomic E-state index is 13.4. The van der Waals surface area contributed by atoms with E-state index in [0.717, 1.165) is 6.08 Å². The molecule has 0 unspecified atom stereocenters. The number of phenolic OH excluding ortho intramolecular Hbond substituents is 2. The number of benzene rings is 2. The first-order valence-electron chi connectivity index (χ1n) is 17.4. The van der Waals surface area contributed by atoms with Gasteiger partial charge in [0.15, 0.2) is 48.0 Å². The average Bonchev–Trinajstić information content (AvgIpc) is 3.47. The van der Waals surface area contributed by atoms with Gasteiger partial charge in [-0.1, -0.05) is 12.1 Å². The van der Waals surface area contributed by atoms with E-state index in [9.17, 15) is 50.8 Å². The summed E-state index contributed by atoms with van der Waals surface area (Å²) in [6.45, 7) is -0.557. The van der Waals surface area contributed by atoms with Crippen LogP contribution in [-0.2, 0) is 44.4 Å². The third kappa shape index (κ3) is 9.84. The monoisotopic (exact) mass is 784 g/mol. The minimum absolute atomic E-state index is 0.0767. The zero-order valence-electron chi connectivity index (χ0n) is 30.2. The van der Waals surface area contributed by atoms with E-state index in [1.165, 1.54) is 51.5 Å². The lowest BCUT2D eigenvalue weighted by Crippen LogP contribution is -2.65. The smallest absolute Gasteiger partial charge is 0.331 e. The summed E-state index contributed by atoms with van der Waals surface area (Å²) in [5.41, 5.74) is -0.920. The SMILES string of the molecule is COc1cc(C=CC(=O)O[C@H]2[C@@H](O[C@@H]3O[C@H](C)[C@H](O)[C@@H](O)[C@H]3O)[C@@H](O)[C@H](OCCc3ccc(O)c(OC)c3)O[C@@H]2CO[C@H]2OC[C@](O)(CO)[C@H]2O)ccc1O. The van der Waals surface area contributed by atoms with Gasteiger partial charge in [0.2, 0.25) is 0 Å². The minimum atomic E-state index is -2.04. The van der Waals surface area contributed by atoms with Crippen molar-refractivity contribution < 1.29 is 93.4 Å². The second-order valence-electron chi connectivity index (χ2n) is 13.3. The van der Waals surface area contributed by atoms with Crippen molar-refractivity contribution in [3.63, 3.8) is 0 Å². The first kappa shape index (κ1) is 42.5. The van der Waals surface area contributed by atoms with Crippen LogP contribution in [0.15, 0.2) is 42.5 Å². The summed E-state index contributed by atoms with van der Waals surface area (Å²) >= 11 is 0. The number of carbonyl (C=O) groups excluding carboxylic acids is 1. The number of aromatic hydroxyl groups is 2. The molecule has 306 valence electrons. The lowest BCUT2D eigenvalue weighted by atomic mass is 9.96. The number of hydrogen-bond donors (Lipinski definition) is 9. The van der Waals surface area contributed by atoms with Crippen molar-refractivity contribution in [1.82, 2.24) is 0 Å². The number of aliphatic hydroxyl groups is 7. The molecule has 3 aliphatic rings. The fourth-order valence-electron chi connectivity index (χ4n) is 6.17. The highest BCUT2D eigenvalue weighted by Crippen LogP contribution is 2.34. The molecule has 0 aromatic heterocycles. The zero-order valence-corrected chi connectivity index (χ0v) is 30.2. The van der Waals surface area contributed by atoms with Gasteiger partial charge in [0.25, 0.3) is 0 Å². The largest absolute Gasteiger partial charge is 0.504 e. The van der Waals surface area contributed by atoms with Crippen LogP contribution in [0, 0.1) is 0 Å². The highest BCUT2D eigenvalue weighted by Gasteiger charge is 2.54. The van der Waals surface area contributed by atoms with E-state index in [4.69, 9.17) is 42.6 Å². The van der Waals surface area contributed by atoms with Crippen molar-refractivity contribution in [3.8, 4) is 23.0 Å². The van der Waals surface area contributed by atoms with E-state index in [1.54, 1.807) is 12.1 Å². The Labute approximate surface area is 315 Å². The van der Waals surface area contributed by atoms with Gasteiger partial charge in [-0.15, -0.1) is 0 Å². The van der Waals surface area contributed by atoms with E-state index < -0.39 is 105 Å². The van der Waals surface area contributed by atoms with E-state index in [0.29, 0.717) is 11.1 Å². The molecule has 2 aromatic carbocycles. The second kappa shape index (κ2) is 18.5. The molecule has 0 aliphatic carbocycles. The maximum absolute atomic E-state index is 13.4. The standard InChI is InChI=1S/C36H48O19/c1-17-26(41)27(42)28(43)34(52-17)55-31-29(44)33(49-11-10-19-5-8-21(39)23(13-19)48-3)53-24(14-50-35-32(45)36(46,15-37)16-51-35)30(31)54-25(40)9-6-18-4-7-20(38)22(12-18)47-2/h4-9,12-13,17,24,26-35,37-39,41-46H,10-11,14-16H2,1-3H3/t17-,24-,26+,27-,28-,29-,30-,31+,32+,33-,34+,35+,36-/m1/s1. The van der Waals surface area contributed by atoms with Gasteiger partial charge >= 0.3 is 5.97 Å². The molecule has 0 bridgehead atoms. The molecule has 2 aromatic rings. The molecule has 13 atom stereocenters. The van der Waals surface area contributed by atoms with Crippen molar-refractivity contribution in [1.29, 1.82) is 0 Å². The Kier molecular flexibility index (Phi) is 14.3. The summed E-state index contributed by atoms with van der Waals surface area (Å²) in [7, 11) is 2.74. The number of rotatable bonds is 15. The number of aliphatic hydroxyl groups excluding tert-OH is 6. The Hall–Kier alpha value is -3.67. The molecule has 0 radical (unpaired) electrons. The first-order valence-corrected chi connectivity index (χ1v) is 17.4. The second-order valence-corrected chi connectivity index (χ2v) is 13.3. The molecule has 0 spiro atoms. The Balaban J connectivity index is 1.42. The topological polar surface area (TPSA) is 282 Å². The van der Waals surface area contributed by atoms with Crippen LogP contribution in [0.1, 0.15) is 18.1 Å². The van der Waals surface area contributed by atoms with Crippen LogP contribution in [0.2, 0.25) is 0 Å². The third-order valence-electron chi connectivity index (χ3n) is 9.50. The highest BCUT2D eigenvalue weighted by molar-refractivity contribution is 5.87. The van der Waals surface area contributed by atoms with Crippen molar-refractivity contribution >= 4 is 12.0 Å². The van der Waals surface area contributed by atoms with Gasteiger partial charge in [-0.05, 0) is 54.8 Å². The summed E-state index contributed by atoms with van der Waals surface area (Å²) in [5, 5.41) is 93.8.